The molecule has 1 aliphatic heterocycles. The fourth-order valence-electron chi connectivity index (χ4n) is 2.94. The molecule has 2 aromatic carbocycles. The van der Waals surface area contributed by atoms with Crippen LogP contribution in [0.25, 0.3) is 0 Å². The molecule has 0 fully saturated rings. The predicted molar refractivity (Wildman–Crippen MR) is 91.8 cm³/mol. The summed E-state index contributed by atoms with van der Waals surface area (Å²) in [6, 6.07) is 7.80. The summed E-state index contributed by atoms with van der Waals surface area (Å²) >= 11 is 0. The highest BCUT2D eigenvalue weighted by atomic mass is 19.1. The highest BCUT2D eigenvalue weighted by Crippen LogP contribution is 2.36. The molecule has 1 N–H and O–H groups in total. The van der Waals surface area contributed by atoms with E-state index in [-0.39, 0.29) is 18.3 Å². The third kappa shape index (κ3) is 3.50. The zero-order valence-corrected chi connectivity index (χ0v) is 14.0. The van der Waals surface area contributed by atoms with Crippen LogP contribution >= 0.6 is 0 Å². The largest absolute Gasteiger partial charge is 0.494 e. The Bertz CT molecular complexity index is 810. The number of nitro benzene ring substituents is 1. The van der Waals surface area contributed by atoms with Crippen LogP contribution in [0, 0.1) is 15.9 Å². The Morgan fingerprint density at radius 1 is 1.44 bits per heavy atom. The molecule has 7 heteroatoms. The van der Waals surface area contributed by atoms with Gasteiger partial charge in [-0.05, 0) is 38.1 Å². The molecule has 0 spiro atoms. The smallest absolute Gasteiger partial charge is 0.327 e. The van der Waals surface area contributed by atoms with Crippen LogP contribution in [0.15, 0.2) is 30.3 Å². The zero-order chi connectivity index (χ0) is 18.0. The van der Waals surface area contributed by atoms with E-state index in [0.717, 1.165) is 29.4 Å². The number of fused-ring (bicyclic) bond motifs is 1. The molecule has 25 heavy (non-hydrogen) atoms. The van der Waals surface area contributed by atoms with E-state index in [0.29, 0.717) is 12.4 Å². The van der Waals surface area contributed by atoms with Gasteiger partial charge in [0.05, 0.1) is 11.5 Å². The Kier molecular flexibility index (Phi) is 4.74. The number of hydrogen-bond donors (Lipinski definition) is 1. The molecule has 0 radical (unpaired) electrons. The van der Waals surface area contributed by atoms with Crippen molar-refractivity contribution < 1.29 is 18.8 Å². The van der Waals surface area contributed by atoms with Crippen LogP contribution in [0.4, 0.5) is 15.8 Å². The summed E-state index contributed by atoms with van der Waals surface area (Å²) in [4.78, 5) is 10.4. The Morgan fingerprint density at radius 3 is 2.96 bits per heavy atom. The number of ether oxygens (including phenoxy) is 2. The van der Waals surface area contributed by atoms with Gasteiger partial charge in [-0.2, -0.15) is 4.39 Å². The average molecular weight is 346 g/mol. The molecule has 2 aromatic rings. The van der Waals surface area contributed by atoms with Gasteiger partial charge in [-0.25, -0.2) is 0 Å². The molecule has 1 heterocycles. The maximum atomic E-state index is 13.7. The number of para-hydroxylation sites is 1. The van der Waals surface area contributed by atoms with Crippen LogP contribution in [-0.4, -0.2) is 17.6 Å². The average Bonchev–Trinajstić information content (AvgIpc) is 2.91. The monoisotopic (exact) mass is 346 g/mol. The lowest BCUT2D eigenvalue weighted by molar-refractivity contribution is -0.386. The maximum Gasteiger partial charge on any atom is 0.327 e. The number of nitrogens with zero attached hydrogens (tertiary/aromatic N) is 1. The van der Waals surface area contributed by atoms with E-state index in [1.807, 2.05) is 26.0 Å². The van der Waals surface area contributed by atoms with Gasteiger partial charge in [-0.15, -0.1) is 0 Å². The van der Waals surface area contributed by atoms with Crippen LogP contribution in [0.1, 0.15) is 25.0 Å². The van der Waals surface area contributed by atoms with E-state index in [2.05, 4.69) is 5.32 Å². The molecule has 1 aliphatic rings. The molecule has 0 aromatic heterocycles. The van der Waals surface area contributed by atoms with E-state index in [1.165, 1.54) is 12.1 Å². The number of benzene rings is 2. The third-order valence-corrected chi connectivity index (χ3v) is 4.02. The van der Waals surface area contributed by atoms with Gasteiger partial charge in [0, 0.05) is 24.1 Å². The third-order valence-electron chi connectivity index (χ3n) is 4.02. The number of nitro groups is 1. The van der Waals surface area contributed by atoms with Crippen LogP contribution in [0.5, 0.6) is 11.5 Å². The minimum absolute atomic E-state index is 0.108. The Labute approximate surface area is 144 Å². The summed E-state index contributed by atoms with van der Waals surface area (Å²) < 4.78 is 25.2. The second-order valence-corrected chi connectivity index (χ2v) is 5.88. The van der Waals surface area contributed by atoms with Gasteiger partial charge in [0.1, 0.15) is 23.3 Å². The van der Waals surface area contributed by atoms with E-state index in [4.69, 9.17) is 9.47 Å². The summed E-state index contributed by atoms with van der Waals surface area (Å²) in [6.07, 6.45) is 0.926. The van der Waals surface area contributed by atoms with Crippen molar-refractivity contribution in [2.75, 3.05) is 11.9 Å². The summed E-state index contributed by atoms with van der Waals surface area (Å²) in [6.45, 7) is 4.64. The standard InChI is InChI=1S/C18H19FN2O4/c1-3-24-16-8-12-7-11(2)25-17(12)9-13(16)10-20-15-6-4-5-14(19)18(15)21(22)23/h4-6,8-9,11,20H,3,7,10H2,1-2H3/t11-/m0/s1. The predicted octanol–water partition coefficient (Wildman–Crippen LogP) is 4.07. The number of rotatable bonds is 6. The molecule has 132 valence electrons. The fourth-order valence-corrected chi connectivity index (χ4v) is 2.94. The first kappa shape index (κ1) is 17.0. The molecule has 0 amide bonds. The molecule has 0 saturated carbocycles. The molecular weight excluding hydrogens is 327 g/mol. The lowest BCUT2D eigenvalue weighted by Crippen LogP contribution is -2.06. The first-order chi connectivity index (χ1) is 12.0. The van der Waals surface area contributed by atoms with E-state index in [9.17, 15) is 14.5 Å². The lowest BCUT2D eigenvalue weighted by Gasteiger charge is -2.14. The molecule has 1 atom stereocenters. The van der Waals surface area contributed by atoms with Crippen molar-refractivity contribution in [2.45, 2.75) is 32.9 Å². The van der Waals surface area contributed by atoms with Gasteiger partial charge < -0.3 is 14.8 Å². The van der Waals surface area contributed by atoms with E-state index < -0.39 is 16.4 Å². The minimum Gasteiger partial charge on any atom is -0.494 e. The van der Waals surface area contributed by atoms with Gasteiger partial charge in [-0.3, -0.25) is 10.1 Å². The van der Waals surface area contributed by atoms with Crippen molar-refractivity contribution in [1.82, 2.24) is 0 Å². The summed E-state index contributed by atoms with van der Waals surface area (Å²) in [5.74, 6) is 0.623. The lowest BCUT2D eigenvalue weighted by atomic mass is 10.1. The normalized spacial score (nSPS) is 15.4. The SMILES string of the molecule is CCOc1cc2c(cc1CNc1cccc(F)c1[N+](=O)[O-])O[C@@H](C)C2. The van der Waals surface area contributed by atoms with Gasteiger partial charge in [0.25, 0.3) is 0 Å². The van der Waals surface area contributed by atoms with Gasteiger partial charge in [0.15, 0.2) is 0 Å². The molecule has 0 saturated heterocycles. The molecule has 0 aliphatic carbocycles. The molecule has 6 nitrogen and oxygen atoms in total. The number of anilines is 1. The van der Waals surface area contributed by atoms with Crippen molar-refractivity contribution in [3.63, 3.8) is 0 Å². The van der Waals surface area contributed by atoms with Crippen molar-refractivity contribution >= 4 is 11.4 Å². The number of hydrogen-bond acceptors (Lipinski definition) is 5. The van der Waals surface area contributed by atoms with Gasteiger partial charge >= 0.3 is 5.69 Å². The quantitative estimate of drug-likeness (QED) is 0.630. The van der Waals surface area contributed by atoms with E-state index >= 15 is 0 Å². The van der Waals surface area contributed by atoms with Crippen LogP contribution in [0.3, 0.4) is 0 Å². The first-order valence-electron chi connectivity index (χ1n) is 8.11. The van der Waals surface area contributed by atoms with Gasteiger partial charge in [0.2, 0.25) is 5.82 Å². The minimum atomic E-state index is -0.869. The molecule has 3 rings (SSSR count). The second-order valence-electron chi connectivity index (χ2n) is 5.88. The zero-order valence-electron chi connectivity index (χ0n) is 14.0. The summed E-state index contributed by atoms with van der Waals surface area (Å²) in [5.41, 5.74) is 1.44. The van der Waals surface area contributed by atoms with Crippen LogP contribution in [-0.2, 0) is 13.0 Å². The number of halogens is 1. The Balaban J connectivity index is 1.88. The first-order valence-corrected chi connectivity index (χ1v) is 8.11. The van der Waals surface area contributed by atoms with Crippen molar-refractivity contribution in [3.05, 3.63) is 57.4 Å². The maximum absolute atomic E-state index is 13.7. The Hall–Kier alpha value is -2.83. The molecule has 0 bridgehead atoms. The van der Waals surface area contributed by atoms with Crippen molar-refractivity contribution in [3.8, 4) is 11.5 Å². The highest BCUT2D eigenvalue weighted by molar-refractivity contribution is 5.62. The van der Waals surface area contributed by atoms with E-state index in [1.54, 1.807) is 0 Å². The fraction of sp³-hybridized carbons (Fsp3) is 0.333. The van der Waals surface area contributed by atoms with Crippen molar-refractivity contribution in [2.24, 2.45) is 0 Å². The molecular formula is C18H19FN2O4. The molecule has 0 unspecified atom stereocenters. The number of nitrogens with one attached hydrogen (secondary N) is 1. The Morgan fingerprint density at radius 2 is 2.24 bits per heavy atom. The summed E-state index contributed by atoms with van der Waals surface area (Å²) in [5, 5.41) is 14.0. The highest BCUT2D eigenvalue weighted by Gasteiger charge is 2.23. The second kappa shape index (κ2) is 6.96. The van der Waals surface area contributed by atoms with Crippen molar-refractivity contribution in [1.29, 1.82) is 0 Å². The van der Waals surface area contributed by atoms with Crippen LogP contribution in [0.2, 0.25) is 0 Å². The topological polar surface area (TPSA) is 73.6 Å². The summed E-state index contributed by atoms with van der Waals surface area (Å²) in [7, 11) is 0. The van der Waals surface area contributed by atoms with Gasteiger partial charge in [-0.1, -0.05) is 6.07 Å². The van der Waals surface area contributed by atoms with Crippen LogP contribution < -0.4 is 14.8 Å².